The van der Waals surface area contributed by atoms with Crippen LogP contribution in [0.4, 0.5) is 4.39 Å². The van der Waals surface area contributed by atoms with Gasteiger partial charge in [0.15, 0.2) is 0 Å². The van der Waals surface area contributed by atoms with Crippen molar-refractivity contribution in [1.29, 1.82) is 0 Å². The van der Waals surface area contributed by atoms with Crippen LogP contribution in [0.5, 0.6) is 5.75 Å². The lowest BCUT2D eigenvalue weighted by Crippen LogP contribution is -2.53. The van der Waals surface area contributed by atoms with Crippen molar-refractivity contribution in [3.8, 4) is 5.75 Å². The van der Waals surface area contributed by atoms with Crippen LogP contribution in [0.15, 0.2) is 84.9 Å². The van der Waals surface area contributed by atoms with Crippen LogP contribution in [0.3, 0.4) is 0 Å². The predicted molar refractivity (Wildman–Crippen MR) is 147 cm³/mol. The molecule has 200 valence electrons. The molecular formula is C32H37FN2O3. The summed E-state index contributed by atoms with van der Waals surface area (Å²) < 4.78 is 20.5. The maximum atomic E-state index is 14.7. The van der Waals surface area contributed by atoms with Gasteiger partial charge in [-0.15, -0.1) is 0 Å². The first-order chi connectivity index (χ1) is 18.6. The van der Waals surface area contributed by atoms with E-state index in [1.165, 1.54) is 12.5 Å². The predicted octanol–water partition coefficient (Wildman–Crippen LogP) is 6.07. The van der Waals surface area contributed by atoms with Crippen molar-refractivity contribution in [3.05, 3.63) is 102 Å². The monoisotopic (exact) mass is 516 g/mol. The van der Waals surface area contributed by atoms with Gasteiger partial charge in [0.1, 0.15) is 17.6 Å². The second-order valence-corrected chi connectivity index (χ2v) is 9.93. The Morgan fingerprint density at radius 1 is 0.895 bits per heavy atom. The second-order valence-electron chi connectivity index (χ2n) is 9.93. The molecule has 1 fully saturated rings. The smallest absolute Gasteiger partial charge is 0.243 e. The third-order valence-electron chi connectivity index (χ3n) is 7.07. The summed E-state index contributed by atoms with van der Waals surface area (Å²) in [5, 5.41) is 3.21. The Morgan fingerprint density at radius 2 is 1.55 bits per heavy atom. The second kappa shape index (κ2) is 14.3. The summed E-state index contributed by atoms with van der Waals surface area (Å²) in [4.78, 5) is 29.0. The maximum Gasteiger partial charge on any atom is 0.243 e. The van der Waals surface area contributed by atoms with Gasteiger partial charge in [0.2, 0.25) is 11.8 Å². The highest BCUT2D eigenvalue weighted by Crippen LogP contribution is 2.21. The van der Waals surface area contributed by atoms with Crippen LogP contribution in [-0.4, -0.2) is 35.4 Å². The summed E-state index contributed by atoms with van der Waals surface area (Å²) in [6.45, 7) is 0.404. The molecule has 1 saturated carbocycles. The topological polar surface area (TPSA) is 58.6 Å². The Labute approximate surface area is 225 Å². The van der Waals surface area contributed by atoms with Crippen LogP contribution >= 0.6 is 0 Å². The third-order valence-corrected chi connectivity index (χ3v) is 7.07. The Kier molecular flexibility index (Phi) is 10.3. The lowest BCUT2D eigenvalue weighted by Gasteiger charge is -2.33. The summed E-state index contributed by atoms with van der Waals surface area (Å²) in [5.41, 5.74) is 1.35. The van der Waals surface area contributed by atoms with Crippen molar-refractivity contribution in [1.82, 2.24) is 10.2 Å². The van der Waals surface area contributed by atoms with Crippen LogP contribution in [0.1, 0.15) is 56.1 Å². The molecule has 3 aromatic rings. The lowest BCUT2D eigenvalue weighted by molar-refractivity contribution is -0.141. The molecule has 4 rings (SSSR count). The highest BCUT2D eigenvalue weighted by Gasteiger charge is 2.32. The van der Waals surface area contributed by atoms with E-state index in [1.807, 2.05) is 60.7 Å². The van der Waals surface area contributed by atoms with Gasteiger partial charge in [-0.25, -0.2) is 4.39 Å². The zero-order chi connectivity index (χ0) is 26.6. The molecule has 1 aliphatic carbocycles. The highest BCUT2D eigenvalue weighted by atomic mass is 19.1. The summed E-state index contributed by atoms with van der Waals surface area (Å²) in [5.74, 6) is -0.00328. The Hall–Kier alpha value is -3.67. The van der Waals surface area contributed by atoms with Gasteiger partial charge >= 0.3 is 0 Å². The van der Waals surface area contributed by atoms with Gasteiger partial charge in [-0.2, -0.15) is 0 Å². The van der Waals surface area contributed by atoms with Crippen molar-refractivity contribution in [3.63, 3.8) is 0 Å². The normalized spacial score (nSPS) is 14.4. The van der Waals surface area contributed by atoms with Gasteiger partial charge in [-0.05, 0) is 43.0 Å². The average Bonchev–Trinajstić information content (AvgIpc) is 2.95. The Bertz CT molecular complexity index is 1150. The van der Waals surface area contributed by atoms with E-state index >= 15 is 0 Å². The zero-order valence-electron chi connectivity index (χ0n) is 21.9. The van der Waals surface area contributed by atoms with Crippen molar-refractivity contribution in [2.45, 2.75) is 70.0 Å². The van der Waals surface area contributed by atoms with Gasteiger partial charge in [0, 0.05) is 31.0 Å². The number of benzene rings is 3. The first-order valence-electron chi connectivity index (χ1n) is 13.6. The minimum absolute atomic E-state index is 0.0284. The summed E-state index contributed by atoms with van der Waals surface area (Å²) in [6.07, 6.45) is 6.31. The number of nitrogens with one attached hydrogen (secondary N) is 1. The largest absolute Gasteiger partial charge is 0.494 e. The van der Waals surface area contributed by atoms with E-state index in [0.29, 0.717) is 25.0 Å². The molecule has 1 aliphatic rings. The number of ether oxygens (including phenoxy) is 1. The van der Waals surface area contributed by atoms with Gasteiger partial charge in [0.25, 0.3) is 0 Å². The highest BCUT2D eigenvalue weighted by molar-refractivity contribution is 5.88. The number of hydrogen-bond acceptors (Lipinski definition) is 3. The van der Waals surface area contributed by atoms with E-state index in [4.69, 9.17) is 4.74 Å². The van der Waals surface area contributed by atoms with Gasteiger partial charge < -0.3 is 15.0 Å². The van der Waals surface area contributed by atoms with Crippen molar-refractivity contribution in [2.24, 2.45) is 0 Å². The molecule has 6 heteroatoms. The van der Waals surface area contributed by atoms with E-state index in [1.54, 1.807) is 23.1 Å². The van der Waals surface area contributed by atoms with Crippen LogP contribution in [0.2, 0.25) is 0 Å². The van der Waals surface area contributed by atoms with Crippen molar-refractivity contribution < 1.29 is 18.7 Å². The number of hydrogen-bond donors (Lipinski definition) is 1. The number of amides is 2. The first kappa shape index (κ1) is 27.4. The number of carbonyl (C=O) groups is 2. The van der Waals surface area contributed by atoms with Crippen LogP contribution in [0.25, 0.3) is 0 Å². The molecule has 3 aromatic carbocycles. The number of nitrogens with zero attached hydrogens (tertiary/aromatic N) is 1. The number of rotatable bonds is 12. The standard InChI is InChI=1S/C32H37FN2O3/c33-29-20-11-10-15-26(29)24-35(31(36)21-12-22-38-28-18-8-3-9-19-28)30(23-25-13-4-1-5-14-25)32(37)34-27-16-6-2-7-17-27/h1,3-5,8-11,13-15,18-20,27,30H,2,6-7,12,16-17,21-24H2,(H,34,37)/t30-/m0/s1. The fourth-order valence-corrected chi connectivity index (χ4v) is 4.98. The van der Waals surface area contributed by atoms with E-state index in [0.717, 1.165) is 37.0 Å². The number of para-hydroxylation sites is 1. The number of carbonyl (C=O) groups excluding carboxylic acids is 2. The van der Waals surface area contributed by atoms with E-state index in [2.05, 4.69) is 5.32 Å². The molecular weight excluding hydrogens is 479 g/mol. The van der Waals surface area contributed by atoms with Gasteiger partial charge in [-0.3, -0.25) is 9.59 Å². The first-order valence-corrected chi connectivity index (χ1v) is 13.6. The number of halogens is 1. The maximum absolute atomic E-state index is 14.7. The molecule has 0 aliphatic heterocycles. The van der Waals surface area contributed by atoms with Crippen molar-refractivity contribution >= 4 is 11.8 Å². The van der Waals surface area contributed by atoms with Crippen LogP contribution < -0.4 is 10.1 Å². The molecule has 0 saturated heterocycles. The molecule has 1 N–H and O–H groups in total. The van der Waals surface area contributed by atoms with E-state index in [-0.39, 0.29) is 36.6 Å². The summed E-state index contributed by atoms with van der Waals surface area (Å²) >= 11 is 0. The molecule has 1 atom stereocenters. The summed E-state index contributed by atoms with van der Waals surface area (Å²) in [6, 6.07) is 25.0. The van der Waals surface area contributed by atoms with E-state index < -0.39 is 6.04 Å². The molecule has 0 bridgehead atoms. The fraction of sp³-hybridized carbons (Fsp3) is 0.375. The van der Waals surface area contributed by atoms with Crippen LogP contribution in [0, 0.1) is 5.82 Å². The molecule has 0 heterocycles. The molecule has 0 spiro atoms. The quantitative estimate of drug-likeness (QED) is 0.297. The van der Waals surface area contributed by atoms with Gasteiger partial charge in [0.05, 0.1) is 6.61 Å². The molecule has 2 amide bonds. The molecule has 0 radical (unpaired) electrons. The third kappa shape index (κ3) is 8.17. The Morgan fingerprint density at radius 3 is 2.26 bits per heavy atom. The summed E-state index contributed by atoms with van der Waals surface area (Å²) in [7, 11) is 0. The minimum Gasteiger partial charge on any atom is -0.494 e. The zero-order valence-corrected chi connectivity index (χ0v) is 21.9. The molecule has 5 nitrogen and oxygen atoms in total. The SMILES string of the molecule is O=C(NC1CCCCC1)[C@H](Cc1ccccc1)N(Cc1ccccc1F)C(=O)CCCOc1ccccc1. The lowest BCUT2D eigenvalue weighted by atomic mass is 9.94. The van der Waals surface area contributed by atoms with E-state index in [9.17, 15) is 14.0 Å². The molecule has 38 heavy (non-hydrogen) atoms. The Balaban J connectivity index is 1.53. The molecule has 0 aromatic heterocycles. The van der Waals surface area contributed by atoms with Gasteiger partial charge in [-0.1, -0.05) is 86.0 Å². The van der Waals surface area contributed by atoms with Crippen LogP contribution in [-0.2, 0) is 22.6 Å². The molecule has 0 unspecified atom stereocenters. The fourth-order valence-electron chi connectivity index (χ4n) is 4.98. The van der Waals surface area contributed by atoms with Crippen molar-refractivity contribution in [2.75, 3.05) is 6.61 Å². The minimum atomic E-state index is -0.749. The average molecular weight is 517 g/mol.